The first-order valence-electron chi connectivity index (χ1n) is 6.11. The fraction of sp³-hybridized carbons (Fsp3) is 0.143. The van der Waals surface area contributed by atoms with Crippen molar-refractivity contribution in [3.05, 3.63) is 64.5 Å². The molecule has 1 aromatic carbocycles. The molecule has 0 aliphatic carbocycles. The van der Waals surface area contributed by atoms with Gasteiger partial charge in [-0.15, -0.1) is 12.4 Å². The van der Waals surface area contributed by atoms with Crippen LogP contribution in [0.4, 0.5) is 11.4 Å². The molecule has 0 fully saturated rings. The van der Waals surface area contributed by atoms with E-state index in [-0.39, 0.29) is 24.1 Å². The first-order valence-corrected chi connectivity index (χ1v) is 6.11. The number of carbonyl (C=O) groups is 1. The number of hydrogen-bond acceptors (Lipinski definition) is 6. The second kappa shape index (κ2) is 10.1. The lowest BCUT2D eigenvalue weighted by Crippen LogP contribution is -2.04. The molecular weight excluding hydrogens is 310 g/mol. The van der Waals surface area contributed by atoms with E-state index in [0.717, 1.165) is 0 Å². The maximum Gasteiger partial charge on any atom is 0.338 e. The molecule has 0 aliphatic heterocycles. The average Bonchev–Trinajstić information content (AvgIpc) is 2.49. The molecule has 0 aliphatic rings. The lowest BCUT2D eigenvalue weighted by molar-refractivity contribution is -0.385. The van der Waals surface area contributed by atoms with E-state index >= 15 is 0 Å². The minimum absolute atomic E-state index is 0. The molecule has 22 heavy (non-hydrogen) atoms. The Balaban J connectivity index is 0.000000397. The van der Waals surface area contributed by atoms with Gasteiger partial charge in [0, 0.05) is 18.0 Å². The molecule has 0 bridgehead atoms. The number of rotatable bonds is 3. The van der Waals surface area contributed by atoms with Gasteiger partial charge in [-0.1, -0.05) is 6.07 Å². The fourth-order valence-electron chi connectivity index (χ4n) is 1.34. The summed E-state index contributed by atoms with van der Waals surface area (Å²) in [5.41, 5.74) is 6.58. The van der Waals surface area contributed by atoms with Crippen molar-refractivity contribution in [1.82, 2.24) is 4.98 Å². The zero-order chi connectivity index (χ0) is 15.7. The molecule has 0 unspecified atom stereocenters. The van der Waals surface area contributed by atoms with E-state index in [1.54, 1.807) is 31.2 Å². The number of anilines is 1. The third-order valence-corrected chi connectivity index (χ3v) is 2.25. The molecule has 0 radical (unpaired) electrons. The molecule has 8 heteroatoms. The average molecular weight is 326 g/mol. The van der Waals surface area contributed by atoms with E-state index in [9.17, 15) is 14.9 Å². The van der Waals surface area contributed by atoms with Gasteiger partial charge in [0.15, 0.2) is 0 Å². The summed E-state index contributed by atoms with van der Waals surface area (Å²) in [5.74, 6) is -0.329. The first-order chi connectivity index (χ1) is 10.0. The van der Waals surface area contributed by atoms with Crippen molar-refractivity contribution in [2.75, 3.05) is 12.3 Å². The number of nitro groups is 1. The number of nitrogen functional groups attached to an aromatic ring is 1. The van der Waals surface area contributed by atoms with Gasteiger partial charge in [-0.25, -0.2) is 4.79 Å². The number of nitrogens with two attached hydrogens (primary N) is 1. The summed E-state index contributed by atoms with van der Waals surface area (Å²) in [4.78, 5) is 24.2. The molecule has 2 rings (SSSR count). The smallest absolute Gasteiger partial charge is 0.338 e. The third-order valence-electron chi connectivity index (χ3n) is 2.25. The Morgan fingerprint density at radius 1 is 1.36 bits per heavy atom. The van der Waals surface area contributed by atoms with Crippen LogP contribution in [-0.4, -0.2) is 22.5 Å². The van der Waals surface area contributed by atoms with Crippen molar-refractivity contribution in [3.63, 3.8) is 0 Å². The second-order valence-corrected chi connectivity index (χ2v) is 3.81. The molecular formula is C14H16ClN3O4. The number of aromatic nitrogens is 1. The summed E-state index contributed by atoms with van der Waals surface area (Å²) in [6, 6.07) is 9.64. The summed E-state index contributed by atoms with van der Waals surface area (Å²) in [7, 11) is 0. The molecule has 1 aromatic heterocycles. The highest BCUT2D eigenvalue weighted by molar-refractivity contribution is 5.90. The van der Waals surface area contributed by atoms with Gasteiger partial charge in [0.1, 0.15) is 6.20 Å². The summed E-state index contributed by atoms with van der Waals surface area (Å²) < 4.78 is 4.79. The van der Waals surface area contributed by atoms with Crippen molar-refractivity contribution in [1.29, 1.82) is 0 Å². The zero-order valence-corrected chi connectivity index (χ0v) is 12.7. The highest BCUT2D eigenvalue weighted by Crippen LogP contribution is 2.07. The number of nitrogens with zero attached hydrogens (tertiary/aromatic N) is 2. The van der Waals surface area contributed by atoms with E-state index in [0.29, 0.717) is 17.9 Å². The Morgan fingerprint density at radius 2 is 2.09 bits per heavy atom. The zero-order valence-electron chi connectivity index (χ0n) is 11.8. The number of esters is 1. The van der Waals surface area contributed by atoms with E-state index in [4.69, 9.17) is 10.5 Å². The Labute approximate surface area is 133 Å². The van der Waals surface area contributed by atoms with Crippen molar-refractivity contribution in [3.8, 4) is 0 Å². The molecule has 1 heterocycles. The van der Waals surface area contributed by atoms with Crippen LogP contribution in [0.1, 0.15) is 17.3 Å². The third kappa shape index (κ3) is 6.67. The molecule has 7 nitrogen and oxygen atoms in total. The van der Waals surface area contributed by atoms with Gasteiger partial charge >= 0.3 is 5.97 Å². The predicted molar refractivity (Wildman–Crippen MR) is 85.0 cm³/mol. The minimum Gasteiger partial charge on any atom is -0.462 e. The van der Waals surface area contributed by atoms with Crippen LogP contribution in [0.5, 0.6) is 0 Å². The summed E-state index contributed by atoms with van der Waals surface area (Å²) >= 11 is 0. The topological polar surface area (TPSA) is 108 Å². The van der Waals surface area contributed by atoms with E-state index in [1.807, 2.05) is 0 Å². The molecule has 0 saturated carbocycles. The Hall–Kier alpha value is -2.67. The molecule has 2 N–H and O–H groups in total. The van der Waals surface area contributed by atoms with E-state index in [2.05, 4.69) is 4.98 Å². The SMILES string of the molecule is CCOC(=O)c1cccc(N)c1.Cl.O=[N+]([O-])c1cccnc1. The lowest BCUT2D eigenvalue weighted by atomic mass is 10.2. The van der Waals surface area contributed by atoms with Crippen LogP contribution < -0.4 is 5.73 Å². The van der Waals surface area contributed by atoms with Crippen LogP contribution in [-0.2, 0) is 4.74 Å². The molecule has 0 spiro atoms. The monoisotopic (exact) mass is 325 g/mol. The van der Waals surface area contributed by atoms with Gasteiger partial charge in [0.2, 0.25) is 0 Å². The van der Waals surface area contributed by atoms with Crippen LogP contribution in [0.2, 0.25) is 0 Å². The van der Waals surface area contributed by atoms with E-state index in [1.165, 1.54) is 24.5 Å². The van der Waals surface area contributed by atoms with Crippen LogP contribution in [0.25, 0.3) is 0 Å². The lowest BCUT2D eigenvalue weighted by Gasteiger charge is -2.01. The number of benzene rings is 1. The van der Waals surface area contributed by atoms with Gasteiger partial charge in [-0.05, 0) is 31.2 Å². The van der Waals surface area contributed by atoms with Crippen molar-refractivity contribution in [2.45, 2.75) is 6.92 Å². The molecule has 0 saturated heterocycles. The number of ether oxygens (including phenoxy) is 1. The fourth-order valence-corrected chi connectivity index (χ4v) is 1.34. The number of hydrogen-bond donors (Lipinski definition) is 1. The van der Waals surface area contributed by atoms with Gasteiger partial charge < -0.3 is 10.5 Å². The Morgan fingerprint density at radius 3 is 2.55 bits per heavy atom. The van der Waals surface area contributed by atoms with Crippen LogP contribution in [0.3, 0.4) is 0 Å². The highest BCUT2D eigenvalue weighted by atomic mass is 35.5. The van der Waals surface area contributed by atoms with Gasteiger partial charge in [0.05, 0.1) is 17.1 Å². The maximum absolute atomic E-state index is 11.1. The number of pyridine rings is 1. The molecule has 0 atom stereocenters. The predicted octanol–water partition coefficient (Wildman–Crippen LogP) is 2.86. The second-order valence-electron chi connectivity index (χ2n) is 3.81. The largest absolute Gasteiger partial charge is 0.462 e. The normalized spacial score (nSPS) is 8.77. The summed E-state index contributed by atoms with van der Waals surface area (Å²) in [6.07, 6.45) is 2.70. The Bertz CT molecular complexity index is 608. The summed E-state index contributed by atoms with van der Waals surface area (Å²) in [6.45, 7) is 2.15. The van der Waals surface area contributed by atoms with Crippen molar-refractivity contribution in [2.24, 2.45) is 0 Å². The molecule has 2 aromatic rings. The molecule has 0 amide bonds. The number of halogens is 1. The highest BCUT2D eigenvalue weighted by Gasteiger charge is 2.04. The van der Waals surface area contributed by atoms with Crippen LogP contribution in [0, 0.1) is 10.1 Å². The maximum atomic E-state index is 11.1. The standard InChI is InChI=1S/C9H11NO2.C5H4N2O2.ClH/c1-2-12-9(11)7-4-3-5-8(10)6-7;8-7(9)5-2-1-3-6-4-5;/h3-6H,2,10H2,1H3;1-4H;1H. The quantitative estimate of drug-likeness (QED) is 0.402. The van der Waals surface area contributed by atoms with E-state index < -0.39 is 4.92 Å². The summed E-state index contributed by atoms with van der Waals surface area (Å²) in [5, 5.41) is 9.97. The minimum atomic E-state index is -0.479. The van der Waals surface area contributed by atoms with Gasteiger partial charge in [0.25, 0.3) is 5.69 Å². The van der Waals surface area contributed by atoms with Gasteiger partial charge in [-0.2, -0.15) is 0 Å². The van der Waals surface area contributed by atoms with Crippen molar-refractivity contribution >= 4 is 29.8 Å². The van der Waals surface area contributed by atoms with Crippen LogP contribution in [0.15, 0.2) is 48.8 Å². The van der Waals surface area contributed by atoms with Crippen LogP contribution >= 0.6 is 12.4 Å². The van der Waals surface area contributed by atoms with Crippen molar-refractivity contribution < 1.29 is 14.5 Å². The number of carbonyl (C=O) groups excluding carboxylic acids is 1. The first kappa shape index (κ1) is 19.3. The van der Waals surface area contributed by atoms with Gasteiger partial charge in [-0.3, -0.25) is 15.1 Å². The Kier molecular flexibility index (Phi) is 8.89. The molecule has 118 valence electrons.